The lowest BCUT2D eigenvalue weighted by atomic mass is 10.1. The number of benzene rings is 1. The molecule has 0 aliphatic carbocycles. The Morgan fingerprint density at radius 1 is 1.19 bits per heavy atom. The van der Waals surface area contributed by atoms with Crippen LogP contribution in [0.5, 0.6) is 0 Å². The van der Waals surface area contributed by atoms with Crippen LogP contribution in [-0.4, -0.2) is 68.5 Å². The van der Waals surface area contributed by atoms with Gasteiger partial charge in [0.15, 0.2) is 0 Å². The van der Waals surface area contributed by atoms with Gasteiger partial charge in [0.25, 0.3) is 0 Å². The molecule has 9 nitrogen and oxygen atoms in total. The minimum atomic E-state index is -3.71. The molecule has 0 bridgehead atoms. The van der Waals surface area contributed by atoms with Gasteiger partial charge in [-0.2, -0.15) is 0 Å². The molecule has 32 heavy (non-hydrogen) atoms. The summed E-state index contributed by atoms with van der Waals surface area (Å²) in [6.07, 6.45) is 3.44. The minimum absolute atomic E-state index is 0.0221. The standard InChI is InChI=1S/C21H23ClN4O5S/c1-24(2)32(28,29)17-4-5-19(25-7-9-30-10-8-25)18(11-17)21(27)31-14-16-13-26-12-15(22)3-6-20(26)23-16/h3-6,11-13H,7-10,14H2,1-2H3. The van der Waals surface area contributed by atoms with Crippen molar-refractivity contribution in [3.63, 3.8) is 0 Å². The van der Waals surface area contributed by atoms with E-state index in [1.54, 1.807) is 35.0 Å². The fourth-order valence-corrected chi connectivity index (χ4v) is 4.53. The number of hydrogen-bond donors (Lipinski definition) is 0. The molecular weight excluding hydrogens is 456 g/mol. The molecule has 4 rings (SSSR count). The maximum atomic E-state index is 13.1. The predicted molar refractivity (Wildman–Crippen MR) is 120 cm³/mol. The highest BCUT2D eigenvalue weighted by atomic mass is 35.5. The summed E-state index contributed by atoms with van der Waals surface area (Å²) < 4.78 is 39.0. The van der Waals surface area contributed by atoms with Gasteiger partial charge in [-0.3, -0.25) is 0 Å². The first-order valence-electron chi connectivity index (χ1n) is 9.95. The number of pyridine rings is 1. The van der Waals surface area contributed by atoms with Crippen molar-refractivity contribution >= 4 is 38.9 Å². The Bertz CT molecular complexity index is 1250. The van der Waals surface area contributed by atoms with E-state index in [0.29, 0.717) is 48.4 Å². The molecule has 0 amide bonds. The minimum Gasteiger partial charge on any atom is -0.455 e. The summed E-state index contributed by atoms with van der Waals surface area (Å²) in [7, 11) is -0.828. The van der Waals surface area contributed by atoms with Gasteiger partial charge in [0.2, 0.25) is 10.0 Å². The van der Waals surface area contributed by atoms with Gasteiger partial charge in [-0.25, -0.2) is 22.5 Å². The molecule has 3 aromatic rings. The van der Waals surface area contributed by atoms with Gasteiger partial charge in [0.1, 0.15) is 12.3 Å². The van der Waals surface area contributed by atoms with E-state index in [2.05, 4.69) is 4.98 Å². The van der Waals surface area contributed by atoms with Crippen LogP contribution in [0.3, 0.4) is 0 Å². The highest BCUT2D eigenvalue weighted by molar-refractivity contribution is 7.89. The molecule has 1 aromatic carbocycles. The van der Waals surface area contributed by atoms with Crippen LogP contribution in [0, 0.1) is 0 Å². The Morgan fingerprint density at radius 3 is 2.66 bits per heavy atom. The highest BCUT2D eigenvalue weighted by Crippen LogP contribution is 2.27. The maximum absolute atomic E-state index is 13.1. The molecule has 0 spiro atoms. The number of halogens is 1. The second kappa shape index (κ2) is 9.07. The van der Waals surface area contributed by atoms with Crippen LogP contribution in [0.25, 0.3) is 5.65 Å². The molecule has 170 valence electrons. The van der Waals surface area contributed by atoms with Crippen molar-refractivity contribution in [1.29, 1.82) is 0 Å². The normalized spacial score (nSPS) is 14.8. The number of anilines is 1. The summed E-state index contributed by atoms with van der Waals surface area (Å²) in [5.74, 6) is -0.627. The Hall–Kier alpha value is -2.66. The molecule has 0 atom stereocenters. The molecular formula is C21H23ClN4O5S. The van der Waals surface area contributed by atoms with E-state index in [0.717, 1.165) is 4.31 Å². The lowest BCUT2D eigenvalue weighted by Crippen LogP contribution is -2.37. The van der Waals surface area contributed by atoms with E-state index in [1.807, 2.05) is 4.90 Å². The van der Waals surface area contributed by atoms with E-state index >= 15 is 0 Å². The van der Waals surface area contributed by atoms with Crippen molar-refractivity contribution < 1.29 is 22.7 Å². The number of hydrogen-bond acceptors (Lipinski definition) is 7. The van der Waals surface area contributed by atoms with Crippen molar-refractivity contribution in [2.45, 2.75) is 11.5 Å². The molecule has 1 aliphatic rings. The number of esters is 1. The molecule has 0 unspecified atom stereocenters. The molecule has 0 saturated carbocycles. The summed E-state index contributed by atoms with van der Waals surface area (Å²) in [5.41, 5.74) is 2.01. The number of fused-ring (bicyclic) bond motifs is 1. The van der Waals surface area contributed by atoms with Crippen molar-refractivity contribution in [2.24, 2.45) is 0 Å². The first-order valence-corrected chi connectivity index (χ1v) is 11.8. The number of nitrogens with zero attached hydrogens (tertiary/aromatic N) is 4. The number of morpholine rings is 1. The Balaban J connectivity index is 1.62. The van der Waals surface area contributed by atoms with E-state index < -0.39 is 16.0 Å². The smallest absolute Gasteiger partial charge is 0.340 e. The first-order chi connectivity index (χ1) is 15.3. The Kier molecular flexibility index (Phi) is 6.38. The zero-order valence-electron chi connectivity index (χ0n) is 17.7. The fraction of sp³-hybridized carbons (Fsp3) is 0.333. The van der Waals surface area contributed by atoms with Crippen LogP contribution >= 0.6 is 11.6 Å². The number of aromatic nitrogens is 2. The van der Waals surface area contributed by atoms with E-state index in [1.165, 1.54) is 26.2 Å². The summed E-state index contributed by atoms with van der Waals surface area (Å²) in [6.45, 7) is 2.16. The lowest BCUT2D eigenvalue weighted by molar-refractivity contribution is 0.0468. The molecule has 11 heteroatoms. The van der Waals surface area contributed by atoms with Crippen LogP contribution in [0.2, 0.25) is 5.02 Å². The molecule has 2 aromatic heterocycles. The molecule has 3 heterocycles. The summed E-state index contributed by atoms with van der Waals surface area (Å²) in [6, 6.07) is 8.00. The van der Waals surface area contributed by atoms with Crippen LogP contribution < -0.4 is 4.90 Å². The number of rotatable bonds is 6. The monoisotopic (exact) mass is 478 g/mol. The van der Waals surface area contributed by atoms with E-state index in [4.69, 9.17) is 21.1 Å². The molecule has 1 aliphatic heterocycles. The van der Waals surface area contributed by atoms with Gasteiger partial charge < -0.3 is 18.8 Å². The predicted octanol–water partition coefficient (Wildman–Crippen LogP) is 2.43. The molecule has 1 fully saturated rings. The van der Waals surface area contributed by atoms with Crippen LogP contribution in [0.1, 0.15) is 16.1 Å². The zero-order valence-corrected chi connectivity index (χ0v) is 19.3. The fourth-order valence-electron chi connectivity index (χ4n) is 3.43. The third kappa shape index (κ3) is 4.58. The third-order valence-corrected chi connectivity index (χ3v) is 7.17. The van der Waals surface area contributed by atoms with Crippen molar-refractivity contribution in [2.75, 3.05) is 45.3 Å². The van der Waals surface area contributed by atoms with Gasteiger partial charge in [0.05, 0.1) is 40.1 Å². The van der Waals surface area contributed by atoms with Gasteiger partial charge in [0, 0.05) is 39.6 Å². The van der Waals surface area contributed by atoms with E-state index in [9.17, 15) is 13.2 Å². The highest BCUT2D eigenvalue weighted by Gasteiger charge is 2.25. The van der Waals surface area contributed by atoms with Gasteiger partial charge >= 0.3 is 5.97 Å². The van der Waals surface area contributed by atoms with Crippen molar-refractivity contribution in [3.05, 3.63) is 59.0 Å². The van der Waals surface area contributed by atoms with Crippen LogP contribution in [0.15, 0.2) is 47.6 Å². The summed E-state index contributed by atoms with van der Waals surface area (Å²) >= 11 is 6.00. The SMILES string of the molecule is CN(C)S(=O)(=O)c1ccc(N2CCOCC2)c(C(=O)OCc2cn3cc(Cl)ccc3n2)c1. The lowest BCUT2D eigenvalue weighted by Gasteiger charge is -2.30. The van der Waals surface area contributed by atoms with E-state index in [-0.39, 0.29) is 17.1 Å². The second-order valence-corrected chi connectivity index (χ2v) is 10.1. The number of ether oxygens (including phenoxy) is 2. The Morgan fingerprint density at radius 2 is 1.94 bits per heavy atom. The number of carbonyl (C=O) groups is 1. The van der Waals surface area contributed by atoms with Crippen LogP contribution in [-0.2, 0) is 26.1 Å². The topological polar surface area (TPSA) is 93.5 Å². The first kappa shape index (κ1) is 22.5. The summed E-state index contributed by atoms with van der Waals surface area (Å²) in [4.78, 5) is 19.5. The van der Waals surface area contributed by atoms with Crippen LogP contribution in [0.4, 0.5) is 5.69 Å². The zero-order chi connectivity index (χ0) is 22.9. The van der Waals surface area contributed by atoms with Gasteiger partial charge in [-0.15, -0.1) is 0 Å². The molecule has 0 radical (unpaired) electrons. The van der Waals surface area contributed by atoms with Gasteiger partial charge in [-0.05, 0) is 30.3 Å². The molecule has 1 saturated heterocycles. The average Bonchev–Trinajstić information content (AvgIpc) is 3.19. The molecule has 0 N–H and O–H groups in total. The second-order valence-electron chi connectivity index (χ2n) is 7.49. The van der Waals surface area contributed by atoms with Crippen molar-refractivity contribution in [3.8, 4) is 0 Å². The quantitative estimate of drug-likeness (QED) is 0.502. The number of carbonyl (C=O) groups excluding carboxylic acids is 1. The Labute approximate surface area is 191 Å². The number of imidazole rings is 1. The van der Waals surface area contributed by atoms with Gasteiger partial charge in [-0.1, -0.05) is 11.6 Å². The average molecular weight is 479 g/mol. The third-order valence-electron chi connectivity index (χ3n) is 5.13. The summed E-state index contributed by atoms with van der Waals surface area (Å²) in [5, 5.41) is 0.563. The number of sulfonamides is 1. The largest absolute Gasteiger partial charge is 0.455 e. The maximum Gasteiger partial charge on any atom is 0.340 e. The van der Waals surface area contributed by atoms with Crippen molar-refractivity contribution in [1.82, 2.24) is 13.7 Å².